The average Bonchev–Trinajstić information content (AvgIpc) is 3.87. The number of allylic oxidation sites excluding steroid dienone is 4. The maximum absolute atomic E-state index is 5.31. The molecule has 3 heterocycles. The predicted octanol–water partition coefficient (Wildman–Crippen LogP) is 14.6. The molecular formula is C58H42N4. The molecular weight excluding hydrogens is 753 g/mol. The fourth-order valence-corrected chi connectivity index (χ4v) is 9.69. The molecule has 0 fully saturated rings. The number of hydrogen-bond donors (Lipinski definition) is 0. The lowest BCUT2D eigenvalue weighted by Crippen LogP contribution is -2.19. The summed E-state index contributed by atoms with van der Waals surface area (Å²) in [5, 5.41) is 4.90. The van der Waals surface area contributed by atoms with Crippen LogP contribution >= 0.6 is 0 Å². The van der Waals surface area contributed by atoms with Crippen LogP contribution in [0.5, 0.6) is 0 Å². The number of benzene rings is 8. The quantitative estimate of drug-likeness (QED) is 0.161. The molecule has 1 aliphatic heterocycles. The van der Waals surface area contributed by atoms with Gasteiger partial charge in [0.2, 0.25) is 5.96 Å². The number of nitrogens with zero attached hydrogens (tertiary/aromatic N) is 4. The topological polar surface area (TPSA) is 34.6 Å². The third-order valence-corrected chi connectivity index (χ3v) is 12.8. The summed E-state index contributed by atoms with van der Waals surface area (Å²) in [6.45, 7) is 0.685. The lowest BCUT2D eigenvalue weighted by molar-refractivity contribution is 0.850. The van der Waals surface area contributed by atoms with E-state index >= 15 is 0 Å². The van der Waals surface area contributed by atoms with Gasteiger partial charge in [-0.15, -0.1) is 0 Å². The fraction of sp³-hybridized carbons (Fsp3) is 0.0690. The van der Waals surface area contributed by atoms with Crippen molar-refractivity contribution in [1.29, 1.82) is 0 Å². The van der Waals surface area contributed by atoms with Gasteiger partial charge >= 0.3 is 0 Å². The second-order valence-corrected chi connectivity index (χ2v) is 16.4. The first-order valence-corrected chi connectivity index (χ1v) is 21.6. The highest BCUT2D eigenvalue weighted by Gasteiger charge is 2.21. The Morgan fingerprint density at radius 3 is 1.61 bits per heavy atom. The highest BCUT2D eigenvalue weighted by Crippen LogP contribution is 2.39. The van der Waals surface area contributed by atoms with Gasteiger partial charge in [-0.3, -0.25) is 9.56 Å². The van der Waals surface area contributed by atoms with E-state index in [2.05, 4.69) is 221 Å². The van der Waals surface area contributed by atoms with Gasteiger partial charge in [0.25, 0.3) is 0 Å². The summed E-state index contributed by atoms with van der Waals surface area (Å²) < 4.78 is 4.69. The lowest BCUT2D eigenvalue weighted by atomic mass is 9.92. The van der Waals surface area contributed by atoms with Gasteiger partial charge in [-0.2, -0.15) is 0 Å². The van der Waals surface area contributed by atoms with Crippen molar-refractivity contribution in [2.45, 2.75) is 18.8 Å². The smallest absolute Gasteiger partial charge is 0.230 e. The van der Waals surface area contributed by atoms with Crippen LogP contribution in [0, 0.1) is 0 Å². The number of aromatic nitrogens is 2. The van der Waals surface area contributed by atoms with Crippen molar-refractivity contribution < 1.29 is 0 Å². The summed E-state index contributed by atoms with van der Waals surface area (Å²) in [7, 11) is 0. The Labute approximate surface area is 360 Å². The molecule has 0 radical (unpaired) electrons. The van der Waals surface area contributed by atoms with E-state index < -0.39 is 0 Å². The Bertz CT molecular complexity index is 3470. The molecule has 10 aromatic rings. The van der Waals surface area contributed by atoms with Crippen molar-refractivity contribution in [2.24, 2.45) is 9.98 Å². The maximum Gasteiger partial charge on any atom is 0.230 e. The van der Waals surface area contributed by atoms with Crippen LogP contribution in [0.15, 0.2) is 222 Å². The van der Waals surface area contributed by atoms with Crippen LogP contribution in [0.4, 0.5) is 0 Å². The van der Waals surface area contributed by atoms with Crippen molar-refractivity contribution in [1.82, 2.24) is 9.13 Å². The van der Waals surface area contributed by atoms with Crippen LogP contribution in [0.1, 0.15) is 29.9 Å². The standard InChI is InChI=1S/C58H42N4/c1-3-12-39(13-4-1)41-22-24-43(25-23-41)44-16-11-17-47(36-44)53-34-35-59-58(60-53)62-55-21-10-8-19-50(55)52-38-46(29-33-57(52)62)45-28-32-56-51(37-45)49-18-7-9-20-54(49)61(56)48-30-26-42(27-31-48)40-14-5-2-6-15-40/h1-26,28-33,36-38,42H,27,34-35H2. The van der Waals surface area contributed by atoms with Crippen molar-refractivity contribution in [3.63, 3.8) is 0 Å². The third kappa shape index (κ3) is 6.22. The molecule has 294 valence electrons. The third-order valence-electron chi connectivity index (χ3n) is 12.8. The van der Waals surface area contributed by atoms with E-state index in [-0.39, 0.29) is 0 Å². The Kier molecular flexibility index (Phi) is 8.74. The monoisotopic (exact) mass is 794 g/mol. The minimum absolute atomic E-state index is 0.395. The van der Waals surface area contributed by atoms with Gasteiger partial charge in [0.1, 0.15) is 0 Å². The lowest BCUT2D eigenvalue weighted by Gasteiger charge is -2.18. The first-order chi connectivity index (χ1) is 30.7. The molecule has 1 aliphatic carbocycles. The van der Waals surface area contributed by atoms with Gasteiger partial charge < -0.3 is 4.57 Å². The number of fused-ring (bicyclic) bond motifs is 6. The number of rotatable bonds is 6. The van der Waals surface area contributed by atoms with Crippen molar-refractivity contribution in [3.05, 3.63) is 223 Å². The predicted molar refractivity (Wildman–Crippen MR) is 261 cm³/mol. The van der Waals surface area contributed by atoms with E-state index in [0.29, 0.717) is 12.5 Å². The molecule has 0 amide bonds. The number of para-hydroxylation sites is 2. The molecule has 4 nitrogen and oxygen atoms in total. The molecule has 4 heteroatoms. The van der Waals surface area contributed by atoms with Crippen LogP contribution in [-0.2, 0) is 0 Å². The van der Waals surface area contributed by atoms with E-state index in [9.17, 15) is 0 Å². The maximum atomic E-state index is 5.31. The van der Waals surface area contributed by atoms with E-state index in [4.69, 9.17) is 9.98 Å². The molecule has 1 unspecified atom stereocenters. The fourth-order valence-electron chi connectivity index (χ4n) is 9.69. The second-order valence-electron chi connectivity index (χ2n) is 16.4. The Morgan fingerprint density at radius 2 is 0.935 bits per heavy atom. The van der Waals surface area contributed by atoms with E-state index in [0.717, 1.165) is 41.1 Å². The molecule has 2 aliphatic rings. The summed E-state index contributed by atoms with van der Waals surface area (Å²) in [6, 6.07) is 70.3. The van der Waals surface area contributed by atoms with Crippen LogP contribution in [0.25, 0.3) is 82.7 Å². The van der Waals surface area contributed by atoms with Crippen molar-refractivity contribution >= 4 is 61.0 Å². The van der Waals surface area contributed by atoms with E-state index in [1.165, 1.54) is 77.2 Å². The average molecular weight is 795 g/mol. The molecule has 0 N–H and O–H groups in total. The van der Waals surface area contributed by atoms with Crippen molar-refractivity contribution in [3.8, 4) is 33.4 Å². The zero-order chi connectivity index (χ0) is 41.0. The second kappa shape index (κ2) is 15.0. The molecule has 0 bridgehead atoms. The Hall–Kier alpha value is -7.82. The molecule has 2 aromatic heterocycles. The summed E-state index contributed by atoms with van der Waals surface area (Å²) >= 11 is 0. The Balaban J connectivity index is 0.888. The molecule has 0 spiro atoms. The first kappa shape index (κ1) is 36.1. The zero-order valence-corrected chi connectivity index (χ0v) is 34.2. The summed E-state index contributed by atoms with van der Waals surface area (Å²) in [6.07, 6.45) is 8.83. The van der Waals surface area contributed by atoms with Gasteiger partial charge in [-0.1, -0.05) is 164 Å². The van der Waals surface area contributed by atoms with Crippen molar-refractivity contribution in [2.75, 3.05) is 6.54 Å². The number of hydrogen-bond acceptors (Lipinski definition) is 2. The molecule has 1 atom stereocenters. The molecule has 0 saturated heterocycles. The van der Waals surface area contributed by atoms with Gasteiger partial charge in [-0.05, 0) is 99.5 Å². The van der Waals surface area contributed by atoms with Crippen LogP contribution < -0.4 is 0 Å². The minimum Gasteiger partial charge on any atom is -0.310 e. The van der Waals surface area contributed by atoms with Gasteiger partial charge in [0.15, 0.2) is 0 Å². The van der Waals surface area contributed by atoms with Gasteiger partial charge in [0.05, 0.1) is 27.8 Å². The molecule has 62 heavy (non-hydrogen) atoms. The van der Waals surface area contributed by atoms with Gasteiger partial charge in [0, 0.05) is 46.1 Å². The van der Waals surface area contributed by atoms with Gasteiger partial charge in [-0.25, -0.2) is 4.99 Å². The van der Waals surface area contributed by atoms with E-state index in [1.807, 2.05) is 0 Å². The molecule has 12 rings (SSSR count). The largest absolute Gasteiger partial charge is 0.310 e. The summed E-state index contributed by atoms with van der Waals surface area (Å²) in [5.41, 5.74) is 16.6. The highest BCUT2D eigenvalue weighted by molar-refractivity contribution is 6.18. The summed E-state index contributed by atoms with van der Waals surface area (Å²) in [4.78, 5) is 10.4. The molecule has 8 aromatic carbocycles. The Morgan fingerprint density at radius 1 is 0.419 bits per heavy atom. The first-order valence-electron chi connectivity index (χ1n) is 21.6. The normalized spacial score (nSPS) is 15.3. The molecule has 0 saturated carbocycles. The zero-order valence-electron chi connectivity index (χ0n) is 34.2. The van der Waals surface area contributed by atoms with Crippen LogP contribution in [0.3, 0.4) is 0 Å². The highest BCUT2D eigenvalue weighted by atomic mass is 15.2. The number of aliphatic imine (C=N–C) groups is 2. The SMILES string of the molecule is C1=CC(c2ccccc2)CC=C1n1c2ccccc2c2cc(-c3ccc4c(c3)c3ccccc3n4C3=NCCC(c4cccc(-c5ccc(-c6ccccc6)cc5)c4)=N3)ccc21. The van der Waals surface area contributed by atoms with Crippen LogP contribution in [-0.4, -0.2) is 27.4 Å². The minimum atomic E-state index is 0.395. The summed E-state index contributed by atoms with van der Waals surface area (Å²) in [5.74, 6) is 1.13. The van der Waals surface area contributed by atoms with E-state index in [1.54, 1.807) is 0 Å². The van der Waals surface area contributed by atoms with Crippen LogP contribution in [0.2, 0.25) is 0 Å².